The van der Waals surface area contributed by atoms with Crippen LogP contribution in [0.3, 0.4) is 0 Å². The maximum Gasteiger partial charge on any atom is 0.323 e. The molecule has 1 aliphatic rings. The Morgan fingerprint density at radius 1 is 1.03 bits per heavy atom. The minimum atomic E-state index is -0.558. The van der Waals surface area contributed by atoms with E-state index in [4.69, 9.17) is 4.74 Å². The Hall–Kier alpha value is -2.07. The quantitative estimate of drug-likeness (QED) is 0.349. The second-order valence-electron chi connectivity index (χ2n) is 8.80. The lowest BCUT2D eigenvalue weighted by Gasteiger charge is -2.33. The zero-order valence-corrected chi connectivity index (χ0v) is 19.0. The Kier molecular flexibility index (Phi) is 10.3. The molecule has 3 N–H and O–H groups in total. The molecule has 31 heavy (non-hydrogen) atoms. The highest BCUT2D eigenvalue weighted by atomic mass is 16.6. The number of ether oxygens (including phenoxy) is 1. The number of nitro benzene ring substituents is 1. The number of hydrogen-bond acceptors (Lipinski definition) is 8. The van der Waals surface area contributed by atoms with Gasteiger partial charge in [0, 0.05) is 64.5 Å². The molecule has 9 heteroatoms. The molecule has 0 radical (unpaired) electrons. The van der Waals surface area contributed by atoms with Crippen molar-refractivity contribution in [3.63, 3.8) is 0 Å². The number of nitro groups is 1. The second kappa shape index (κ2) is 12.7. The number of benzene rings is 1. The lowest BCUT2D eigenvalue weighted by molar-refractivity contribution is -0.384. The number of nitrogens with one attached hydrogen (secondary N) is 3. The van der Waals surface area contributed by atoms with E-state index in [1.165, 1.54) is 12.1 Å². The van der Waals surface area contributed by atoms with Crippen LogP contribution in [0.4, 0.5) is 5.69 Å². The third-order valence-corrected chi connectivity index (χ3v) is 5.08. The largest absolute Gasteiger partial charge is 0.459 e. The molecule has 1 saturated heterocycles. The van der Waals surface area contributed by atoms with Crippen LogP contribution in [0.2, 0.25) is 0 Å². The number of non-ortho nitro benzene ring substituents is 1. The molecule has 174 valence electrons. The lowest BCUT2D eigenvalue weighted by Crippen LogP contribution is -2.50. The first-order valence-electron chi connectivity index (χ1n) is 11.1. The average Bonchev–Trinajstić information content (AvgIpc) is 2.68. The number of esters is 1. The average molecular weight is 436 g/mol. The fourth-order valence-electron chi connectivity index (χ4n) is 3.50. The summed E-state index contributed by atoms with van der Waals surface area (Å²) in [5.41, 5.74) is 0.482. The second-order valence-corrected chi connectivity index (χ2v) is 8.80. The van der Waals surface area contributed by atoms with E-state index in [9.17, 15) is 14.9 Å². The molecule has 1 heterocycles. The summed E-state index contributed by atoms with van der Waals surface area (Å²) < 4.78 is 5.74. The van der Waals surface area contributed by atoms with Gasteiger partial charge in [-0.3, -0.25) is 19.8 Å². The maximum absolute atomic E-state index is 13.1. The van der Waals surface area contributed by atoms with Crippen LogP contribution in [0, 0.1) is 10.1 Å². The van der Waals surface area contributed by atoms with E-state index in [1.54, 1.807) is 12.1 Å². The maximum atomic E-state index is 13.1. The van der Waals surface area contributed by atoms with Crippen LogP contribution in [-0.2, 0) is 16.0 Å². The molecule has 9 nitrogen and oxygen atoms in total. The van der Waals surface area contributed by atoms with Crippen molar-refractivity contribution < 1.29 is 14.5 Å². The molecule has 0 bridgehead atoms. The summed E-state index contributed by atoms with van der Waals surface area (Å²) in [6, 6.07) is 6.17. The zero-order valence-electron chi connectivity index (χ0n) is 19.0. The van der Waals surface area contributed by atoms with Gasteiger partial charge in [-0.1, -0.05) is 12.1 Å². The third kappa shape index (κ3) is 9.73. The molecule has 1 aliphatic heterocycles. The number of hydrogen-bond donors (Lipinski definition) is 3. The van der Waals surface area contributed by atoms with Crippen LogP contribution in [0.15, 0.2) is 24.3 Å². The van der Waals surface area contributed by atoms with Crippen molar-refractivity contribution in [2.24, 2.45) is 0 Å². The molecule has 0 aromatic heterocycles. The predicted molar refractivity (Wildman–Crippen MR) is 121 cm³/mol. The molecule has 0 amide bonds. The summed E-state index contributed by atoms with van der Waals surface area (Å²) in [6.45, 7) is 12.3. The molecule has 1 aromatic rings. The number of carbonyl (C=O) groups excluding carboxylic acids is 1. The van der Waals surface area contributed by atoms with Crippen molar-refractivity contribution in [1.29, 1.82) is 0 Å². The van der Waals surface area contributed by atoms with Crippen LogP contribution in [0.25, 0.3) is 0 Å². The Labute approximate surface area is 185 Å². The number of rotatable bonds is 6. The minimum Gasteiger partial charge on any atom is -0.459 e. The molecule has 1 unspecified atom stereocenters. The number of carbonyl (C=O) groups is 1. The normalized spacial score (nSPS) is 18.4. The third-order valence-electron chi connectivity index (χ3n) is 5.08. The Balaban J connectivity index is 2.10. The monoisotopic (exact) mass is 435 g/mol. The van der Waals surface area contributed by atoms with E-state index >= 15 is 0 Å². The summed E-state index contributed by atoms with van der Waals surface area (Å²) in [4.78, 5) is 25.8. The van der Waals surface area contributed by atoms with E-state index < -0.39 is 10.5 Å². The van der Waals surface area contributed by atoms with Crippen LogP contribution in [0.1, 0.15) is 32.8 Å². The molecule has 0 spiro atoms. The van der Waals surface area contributed by atoms with Gasteiger partial charge >= 0.3 is 5.97 Å². The van der Waals surface area contributed by atoms with E-state index in [1.807, 2.05) is 20.8 Å². The molecule has 1 fully saturated rings. The Morgan fingerprint density at radius 3 is 2.03 bits per heavy atom. The van der Waals surface area contributed by atoms with Gasteiger partial charge in [-0.2, -0.15) is 0 Å². The molecule has 1 atom stereocenters. The molecule has 0 aliphatic carbocycles. The molecular weight excluding hydrogens is 398 g/mol. The van der Waals surface area contributed by atoms with Gasteiger partial charge < -0.3 is 20.7 Å². The van der Waals surface area contributed by atoms with E-state index in [0.717, 1.165) is 57.9 Å². The number of aryl methyl sites for hydroxylation is 1. The Morgan fingerprint density at radius 2 is 1.55 bits per heavy atom. The van der Waals surface area contributed by atoms with Gasteiger partial charge in [-0.25, -0.2) is 0 Å². The van der Waals surface area contributed by atoms with Gasteiger partial charge in [-0.05, 0) is 39.2 Å². The predicted octanol–water partition coefficient (Wildman–Crippen LogP) is 1.32. The highest BCUT2D eigenvalue weighted by Crippen LogP contribution is 2.18. The van der Waals surface area contributed by atoms with Crippen molar-refractivity contribution in [3.05, 3.63) is 39.9 Å². The standard InChI is InChI=1S/C22H37N5O4/c1-22(2,3)31-21(28)20(9-6-18-4-7-19(8-5-18)27(29)30)26-16-14-24-12-10-23-11-13-25-15-17-26/h4-5,7-8,20,23-25H,6,9-17H2,1-3H3. The zero-order chi connectivity index (χ0) is 22.7. The van der Waals surface area contributed by atoms with Gasteiger partial charge in [0.25, 0.3) is 5.69 Å². The van der Waals surface area contributed by atoms with Gasteiger partial charge in [0.15, 0.2) is 0 Å². The SMILES string of the molecule is CC(C)(C)OC(=O)C(CCc1ccc([N+](=O)[O-])cc1)N1CCNCCNCCNCC1. The van der Waals surface area contributed by atoms with E-state index in [0.29, 0.717) is 12.8 Å². The highest BCUT2D eigenvalue weighted by Gasteiger charge is 2.30. The fraction of sp³-hybridized carbons (Fsp3) is 0.682. The summed E-state index contributed by atoms with van der Waals surface area (Å²) in [6.07, 6.45) is 1.23. The molecule has 0 saturated carbocycles. The van der Waals surface area contributed by atoms with Crippen molar-refractivity contribution in [1.82, 2.24) is 20.9 Å². The van der Waals surface area contributed by atoms with E-state index in [-0.39, 0.29) is 17.7 Å². The smallest absolute Gasteiger partial charge is 0.323 e. The summed E-state index contributed by atoms with van der Waals surface area (Å²) >= 11 is 0. The van der Waals surface area contributed by atoms with Gasteiger partial charge in [-0.15, -0.1) is 0 Å². The number of nitrogens with zero attached hydrogens (tertiary/aromatic N) is 2. The van der Waals surface area contributed by atoms with Crippen molar-refractivity contribution in [2.75, 3.05) is 52.4 Å². The lowest BCUT2D eigenvalue weighted by atomic mass is 10.0. The van der Waals surface area contributed by atoms with Crippen LogP contribution in [-0.4, -0.2) is 79.8 Å². The topological polar surface area (TPSA) is 109 Å². The van der Waals surface area contributed by atoms with Crippen molar-refractivity contribution in [2.45, 2.75) is 45.3 Å². The van der Waals surface area contributed by atoms with Crippen molar-refractivity contribution >= 4 is 11.7 Å². The summed E-state index contributed by atoms with van der Waals surface area (Å²) in [5.74, 6) is -0.219. The van der Waals surface area contributed by atoms with Crippen molar-refractivity contribution in [3.8, 4) is 0 Å². The van der Waals surface area contributed by atoms with Crippen LogP contribution in [0.5, 0.6) is 0 Å². The highest BCUT2D eigenvalue weighted by molar-refractivity contribution is 5.76. The van der Waals surface area contributed by atoms with E-state index in [2.05, 4.69) is 20.9 Å². The summed E-state index contributed by atoms with van der Waals surface area (Å²) in [5, 5.41) is 21.1. The molecule has 2 rings (SSSR count). The Bertz CT molecular complexity index is 678. The van der Waals surface area contributed by atoms with Gasteiger partial charge in [0.05, 0.1) is 4.92 Å². The fourth-order valence-corrected chi connectivity index (χ4v) is 3.50. The molecule has 1 aromatic carbocycles. The van der Waals surface area contributed by atoms with Crippen LogP contribution >= 0.6 is 0 Å². The molecular formula is C22H37N5O4. The first kappa shape index (κ1) is 25.2. The van der Waals surface area contributed by atoms with Gasteiger partial charge in [0.1, 0.15) is 11.6 Å². The summed E-state index contributed by atoms with van der Waals surface area (Å²) in [7, 11) is 0. The van der Waals surface area contributed by atoms with Gasteiger partial charge in [0.2, 0.25) is 0 Å². The first-order valence-corrected chi connectivity index (χ1v) is 11.1. The first-order chi connectivity index (χ1) is 14.8. The van der Waals surface area contributed by atoms with Crippen LogP contribution < -0.4 is 16.0 Å². The minimum absolute atomic E-state index is 0.0714.